The highest BCUT2D eigenvalue weighted by atomic mass is 19.1. The van der Waals surface area contributed by atoms with Crippen molar-refractivity contribution >= 4 is 11.6 Å². The summed E-state index contributed by atoms with van der Waals surface area (Å²) in [4.78, 5) is 26.1. The number of ether oxygens (including phenoxy) is 1. The molecule has 1 saturated heterocycles. The molecule has 206 valence electrons. The molecule has 0 spiro atoms. The average Bonchev–Trinajstić information content (AvgIpc) is 2.99. The largest absolute Gasteiger partial charge is 0.501 e. The molecule has 10 heteroatoms. The van der Waals surface area contributed by atoms with E-state index in [4.69, 9.17) is 4.74 Å². The Hall–Kier alpha value is -4.70. The average molecular weight is 544 g/mol. The minimum absolute atomic E-state index is 0.0890. The summed E-state index contributed by atoms with van der Waals surface area (Å²) < 4.78 is 18.8. The second-order valence-corrected chi connectivity index (χ2v) is 9.42. The fourth-order valence-electron chi connectivity index (χ4n) is 4.88. The van der Waals surface area contributed by atoms with Gasteiger partial charge in [0, 0.05) is 32.7 Å². The molecule has 2 heterocycles. The van der Waals surface area contributed by atoms with Crippen LogP contribution in [0.2, 0.25) is 0 Å². The minimum Gasteiger partial charge on any atom is -0.501 e. The van der Waals surface area contributed by atoms with Crippen molar-refractivity contribution in [2.45, 2.75) is 12.6 Å². The Morgan fingerprint density at radius 3 is 2.33 bits per heavy atom. The standard InChI is InChI=1S/C30H30FN5O4/c1-40-24-10-6-5-9-23(24)35-15-17-36(18-16-35)26(21-7-3-2-4-8-21)28-33-25(27(37)30(39)34-28)29(38)32-19-20-11-13-22(31)14-12-20/h2-14,26,37H,15-19H2,1H3,(H,32,38)(H,33,34,39). The van der Waals surface area contributed by atoms with Crippen molar-refractivity contribution in [3.05, 3.63) is 107 Å². The van der Waals surface area contributed by atoms with Gasteiger partial charge in [-0.3, -0.25) is 9.69 Å². The first kappa shape index (κ1) is 26.9. The van der Waals surface area contributed by atoms with Crippen LogP contribution < -0.4 is 15.0 Å². The number of hydrogen-bond donors (Lipinski definition) is 3. The number of para-hydroxylation sites is 2. The van der Waals surface area contributed by atoms with Crippen LogP contribution in [0.15, 0.2) is 78.9 Å². The van der Waals surface area contributed by atoms with Crippen LogP contribution in [0.4, 0.5) is 10.1 Å². The highest BCUT2D eigenvalue weighted by Crippen LogP contribution is 2.34. The molecule has 1 amide bonds. The Balaban J connectivity index is 1.41. The van der Waals surface area contributed by atoms with E-state index >= 15 is 0 Å². The zero-order valence-electron chi connectivity index (χ0n) is 22.0. The number of anilines is 1. The maximum atomic E-state index is 13.2. The third-order valence-electron chi connectivity index (χ3n) is 6.93. The Morgan fingerprint density at radius 1 is 0.950 bits per heavy atom. The van der Waals surface area contributed by atoms with Gasteiger partial charge >= 0.3 is 0 Å². The van der Waals surface area contributed by atoms with Crippen LogP contribution in [0, 0.1) is 5.82 Å². The molecule has 40 heavy (non-hydrogen) atoms. The summed E-state index contributed by atoms with van der Waals surface area (Å²) in [6.45, 7) is 2.80. The Morgan fingerprint density at radius 2 is 1.62 bits per heavy atom. The number of rotatable bonds is 8. The number of halogens is 1. The number of piperazine rings is 1. The normalized spacial score (nSPS) is 14.5. The van der Waals surface area contributed by atoms with Gasteiger partial charge in [0.1, 0.15) is 11.6 Å². The van der Waals surface area contributed by atoms with E-state index in [0.717, 1.165) is 17.0 Å². The van der Waals surface area contributed by atoms with E-state index < -0.39 is 23.6 Å². The lowest BCUT2D eigenvalue weighted by Gasteiger charge is -2.40. The van der Waals surface area contributed by atoms with Crippen LogP contribution in [0.25, 0.3) is 0 Å². The molecule has 1 aliphatic heterocycles. The van der Waals surface area contributed by atoms with Gasteiger partial charge in [0.2, 0.25) is 5.75 Å². The zero-order valence-corrected chi connectivity index (χ0v) is 22.0. The van der Waals surface area contributed by atoms with E-state index in [9.17, 15) is 19.4 Å². The van der Waals surface area contributed by atoms with E-state index in [0.29, 0.717) is 31.7 Å². The fourth-order valence-corrected chi connectivity index (χ4v) is 4.88. The van der Waals surface area contributed by atoms with Gasteiger partial charge in [-0.2, -0.15) is 4.98 Å². The van der Waals surface area contributed by atoms with E-state index in [2.05, 4.69) is 25.1 Å². The van der Waals surface area contributed by atoms with Crippen molar-refractivity contribution in [3.63, 3.8) is 0 Å². The monoisotopic (exact) mass is 543 g/mol. The summed E-state index contributed by atoms with van der Waals surface area (Å²) in [6.07, 6.45) is 0. The van der Waals surface area contributed by atoms with Gasteiger partial charge in [0.15, 0.2) is 11.5 Å². The van der Waals surface area contributed by atoms with Gasteiger partial charge < -0.3 is 25.2 Å². The van der Waals surface area contributed by atoms with Gasteiger partial charge in [0.05, 0.1) is 18.8 Å². The molecule has 0 saturated carbocycles. The number of aromatic hydroxyl groups is 2. The first-order valence-electron chi connectivity index (χ1n) is 12.9. The van der Waals surface area contributed by atoms with Crippen LogP contribution in [-0.4, -0.2) is 64.3 Å². The quantitative estimate of drug-likeness (QED) is 0.307. The fraction of sp³-hybridized carbons (Fsp3) is 0.233. The maximum Gasteiger partial charge on any atom is 0.274 e. The summed E-state index contributed by atoms with van der Waals surface area (Å²) in [5.74, 6) is -1.45. The van der Waals surface area contributed by atoms with E-state index in [1.165, 1.54) is 12.1 Å². The van der Waals surface area contributed by atoms with Gasteiger partial charge in [-0.05, 0) is 35.4 Å². The maximum absolute atomic E-state index is 13.2. The molecule has 3 aromatic carbocycles. The number of hydrogen-bond acceptors (Lipinski definition) is 8. The lowest BCUT2D eigenvalue weighted by molar-refractivity contribution is 0.0940. The molecule has 5 rings (SSSR count). The highest BCUT2D eigenvalue weighted by Gasteiger charge is 2.31. The number of amides is 1. The number of aromatic nitrogens is 2. The number of nitrogens with one attached hydrogen (secondary N) is 1. The molecule has 1 aromatic heterocycles. The number of methoxy groups -OCH3 is 1. The highest BCUT2D eigenvalue weighted by molar-refractivity contribution is 5.95. The van der Waals surface area contributed by atoms with Crippen LogP contribution >= 0.6 is 0 Å². The predicted octanol–water partition coefficient (Wildman–Crippen LogP) is 3.88. The van der Waals surface area contributed by atoms with Crippen LogP contribution in [0.1, 0.15) is 33.5 Å². The summed E-state index contributed by atoms with van der Waals surface area (Å²) in [7, 11) is 1.66. The van der Waals surface area contributed by atoms with Crippen molar-refractivity contribution in [1.29, 1.82) is 0 Å². The van der Waals surface area contributed by atoms with Crippen molar-refractivity contribution in [2.24, 2.45) is 0 Å². The molecule has 4 aromatic rings. The molecular weight excluding hydrogens is 513 g/mol. The predicted molar refractivity (Wildman–Crippen MR) is 148 cm³/mol. The zero-order chi connectivity index (χ0) is 28.1. The van der Waals surface area contributed by atoms with Crippen LogP contribution in [0.3, 0.4) is 0 Å². The number of nitrogens with zero attached hydrogens (tertiary/aromatic N) is 4. The van der Waals surface area contributed by atoms with Crippen molar-refractivity contribution in [3.8, 4) is 17.4 Å². The molecule has 1 fully saturated rings. The third-order valence-corrected chi connectivity index (χ3v) is 6.93. The molecule has 1 atom stereocenters. The number of benzene rings is 3. The molecule has 1 aliphatic rings. The summed E-state index contributed by atoms with van der Waals surface area (Å²) >= 11 is 0. The lowest BCUT2D eigenvalue weighted by atomic mass is 10.0. The summed E-state index contributed by atoms with van der Waals surface area (Å²) in [5.41, 5.74) is 2.23. The van der Waals surface area contributed by atoms with E-state index in [1.54, 1.807) is 19.2 Å². The molecule has 9 nitrogen and oxygen atoms in total. The Bertz CT molecular complexity index is 1460. The molecule has 0 radical (unpaired) electrons. The van der Waals surface area contributed by atoms with Crippen LogP contribution in [0.5, 0.6) is 17.4 Å². The van der Waals surface area contributed by atoms with Crippen molar-refractivity contribution < 1.29 is 24.1 Å². The van der Waals surface area contributed by atoms with Gasteiger partial charge in [-0.1, -0.05) is 54.6 Å². The summed E-state index contributed by atoms with van der Waals surface area (Å²) in [6, 6.07) is 22.7. The Labute approximate surface area is 231 Å². The van der Waals surface area contributed by atoms with Gasteiger partial charge in [-0.15, -0.1) is 0 Å². The molecule has 3 N–H and O–H groups in total. The minimum atomic E-state index is -0.701. The second kappa shape index (κ2) is 12.0. The second-order valence-electron chi connectivity index (χ2n) is 9.42. The Kier molecular flexibility index (Phi) is 8.07. The van der Waals surface area contributed by atoms with E-state index in [-0.39, 0.29) is 23.9 Å². The molecule has 0 bridgehead atoms. The van der Waals surface area contributed by atoms with Gasteiger partial charge in [0.25, 0.3) is 11.8 Å². The SMILES string of the molecule is COc1ccccc1N1CCN(C(c2ccccc2)c2nc(O)c(O)c(C(=O)NCc3ccc(F)cc3)n2)CC1. The number of carbonyl (C=O) groups is 1. The third kappa shape index (κ3) is 5.81. The van der Waals surface area contributed by atoms with E-state index in [1.807, 2.05) is 54.6 Å². The van der Waals surface area contributed by atoms with Crippen LogP contribution in [-0.2, 0) is 6.54 Å². The molecule has 0 aliphatic carbocycles. The van der Waals surface area contributed by atoms with Crippen molar-refractivity contribution in [2.75, 3.05) is 38.2 Å². The lowest BCUT2D eigenvalue weighted by Crippen LogP contribution is -2.48. The first-order valence-corrected chi connectivity index (χ1v) is 12.9. The molecular formula is C30H30FN5O4. The summed E-state index contributed by atoms with van der Waals surface area (Å²) in [5, 5.41) is 23.7. The first-order chi connectivity index (χ1) is 19.4. The van der Waals surface area contributed by atoms with Gasteiger partial charge in [-0.25, -0.2) is 9.37 Å². The van der Waals surface area contributed by atoms with Crippen molar-refractivity contribution in [1.82, 2.24) is 20.2 Å². The molecule has 1 unspecified atom stereocenters. The smallest absolute Gasteiger partial charge is 0.274 e. The number of carbonyl (C=O) groups excluding carboxylic acids is 1. The topological polar surface area (TPSA) is 111 Å².